The van der Waals surface area contributed by atoms with Gasteiger partial charge in [-0.25, -0.2) is 0 Å². The number of halogens is 6. The van der Waals surface area contributed by atoms with Crippen molar-refractivity contribution in [3.8, 4) is 0 Å². The molecule has 0 rings (SSSR count). The molecule has 8 heteroatoms. The first kappa shape index (κ1) is 567. The van der Waals surface area contributed by atoms with E-state index in [0.29, 0.717) is 0 Å². The molecule has 0 heterocycles. The molecule has 0 unspecified atom stereocenters. The van der Waals surface area contributed by atoms with Crippen LogP contribution in [0.3, 0.4) is 0 Å². The Kier molecular flexibility index (Phi) is 27300. The fraction of sp³-hybridized carbons (Fsp3) is 0. The molecule has 0 bridgehead atoms. The van der Waals surface area contributed by atoms with Gasteiger partial charge in [0.05, 0.1) is 0 Å². The minimum Gasteiger partial charge on any atom is 0 e. The van der Waals surface area contributed by atoms with Crippen LogP contribution in [0.4, 0.5) is 28.2 Å². The molecule has 55 valence electrons. The van der Waals surface area contributed by atoms with Gasteiger partial charge in [-0.05, 0) is 0 Å². The van der Waals surface area contributed by atoms with Gasteiger partial charge in [-0.2, -0.15) is 0 Å². The van der Waals surface area contributed by atoms with Crippen LogP contribution < -0.4 is 0 Å². The molecular formula is H7F6NaP. The maximum absolute atomic E-state index is 0. The van der Waals surface area contributed by atoms with Gasteiger partial charge < -0.3 is 0 Å². The van der Waals surface area contributed by atoms with Crippen molar-refractivity contribution in [1.82, 2.24) is 0 Å². The van der Waals surface area contributed by atoms with E-state index in [4.69, 9.17) is 0 Å². The minimum atomic E-state index is 0. The fourth-order valence-corrected chi connectivity index (χ4v) is 0. The maximum Gasteiger partial charge on any atom is 0 e. The monoisotopic (exact) mass is 175 g/mol. The van der Waals surface area contributed by atoms with Crippen LogP contribution in [0.25, 0.3) is 0 Å². The quantitative estimate of drug-likeness (QED) is 0.294. The van der Waals surface area contributed by atoms with Gasteiger partial charge in [0.2, 0.25) is 0 Å². The summed E-state index contributed by atoms with van der Waals surface area (Å²) in [6.45, 7) is 0. The van der Waals surface area contributed by atoms with Crippen LogP contribution in [0.1, 0.15) is 0 Å². The van der Waals surface area contributed by atoms with Crippen LogP contribution in [0.2, 0.25) is 0 Å². The van der Waals surface area contributed by atoms with Crippen molar-refractivity contribution in [3.63, 3.8) is 0 Å². The first-order valence-electron chi connectivity index (χ1n) is 0. The fourth-order valence-electron chi connectivity index (χ4n) is 0. The molecule has 0 saturated carbocycles. The van der Waals surface area contributed by atoms with Crippen molar-refractivity contribution < 1.29 is 28.2 Å². The third-order valence-corrected chi connectivity index (χ3v) is 0. The van der Waals surface area contributed by atoms with Crippen LogP contribution in [0.15, 0.2) is 0 Å². The second-order valence-electron chi connectivity index (χ2n) is 0. The Balaban J connectivity index is 0. The Bertz CT molecular complexity index is 8.49. The topological polar surface area (TPSA) is 0 Å². The van der Waals surface area contributed by atoms with Crippen molar-refractivity contribution in [2.75, 3.05) is 0 Å². The van der Waals surface area contributed by atoms with Crippen molar-refractivity contribution in [3.05, 3.63) is 0 Å². The zero-order valence-corrected chi connectivity index (χ0v) is 3.79. The van der Waals surface area contributed by atoms with E-state index in [1.807, 2.05) is 0 Å². The third kappa shape index (κ3) is 248. The maximum atomic E-state index is 0. The zero-order chi connectivity index (χ0) is 0. The summed E-state index contributed by atoms with van der Waals surface area (Å²) in [5, 5.41) is 0. The summed E-state index contributed by atoms with van der Waals surface area (Å²) in [4.78, 5) is 0. The molecule has 0 aromatic rings. The average molecular weight is 175 g/mol. The van der Waals surface area contributed by atoms with E-state index in [2.05, 4.69) is 0 Å². The normalized spacial score (nSPS) is 0. The van der Waals surface area contributed by atoms with Crippen molar-refractivity contribution in [1.29, 1.82) is 0 Å². The van der Waals surface area contributed by atoms with Crippen LogP contribution in [-0.2, 0) is 0 Å². The van der Waals surface area contributed by atoms with E-state index >= 15 is 0 Å². The molecule has 0 saturated heterocycles. The van der Waals surface area contributed by atoms with Gasteiger partial charge in [-0.3, -0.25) is 28.2 Å². The summed E-state index contributed by atoms with van der Waals surface area (Å²) >= 11 is 0. The predicted molar refractivity (Wildman–Crippen MR) is 29.1 cm³/mol. The van der Waals surface area contributed by atoms with E-state index in [1.165, 1.54) is 0 Å². The van der Waals surface area contributed by atoms with E-state index < -0.39 is 0 Å². The number of hydrogen-bond donors (Lipinski definition) is 0. The molecule has 3 radical (unpaired) electrons. The third-order valence-electron chi connectivity index (χ3n) is 0. The van der Waals surface area contributed by atoms with Gasteiger partial charge in [-0.15, -0.1) is 0 Å². The smallest absolute Gasteiger partial charge is 0 e. The van der Waals surface area contributed by atoms with E-state index in [0.717, 1.165) is 0 Å². The van der Waals surface area contributed by atoms with Gasteiger partial charge in [0, 0.05) is 9.90 Å². The van der Waals surface area contributed by atoms with Gasteiger partial charge in [0.15, 0.2) is 0 Å². The first-order chi connectivity index (χ1) is 0. The largest absolute Gasteiger partial charge is 0 e. The second kappa shape index (κ2) is 386. The number of hydrogen-bond acceptors (Lipinski definition) is 0. The standard InChI is InChI=1S/6FH.Na.P.H/h6*1H;;;. The van der Waals surface area contributed by atoms with E-state index in [1.54, 1.807) is 0 Å². The molecule has 0 spiro atoms. The summed E-state index contributed by atoms with van der Waals surface area (Å²) in [6, 6.07) is 0. The summed E-state index contributed by atoms with van der Waals surface area (Å²) in [6.07, 6.45) is 0. The molecule has 0 aliphatic carbocycles. The first-order valence-corrected chi connectivity index (χ1v) is 0. The zero-order valence-electron chi connectivity index (χ0n) is 2.90. The van der Waals surface area contributed by atoms with Gasteiger partial charge in [-0.1, -0.05) is 0 Å². The van der Waals surface area contributed by atoms with Crippen LogP contribution in [0.5, 0.6) is 0 Å². The second-order valence-corrected chi connectivity index (χ2v) is 0. The SMILES string of the molecule is F.F.F.F.F.F.[NaH].[P]. The molecule has 8 heavy (non-hydrogen) atoms. The molecule has 0 N–H and O–H groups in total. The Morgan fingerprint density at radius 1 is 0.375 bits per heavy atom. The summed E-state index contributed by atoms with van der Waals surface area (Å²) in [5.74, 6) is 0. The molecular weight excluding hydrogens is 168 g/mol. The summed E-state index contributed by atoms with van der Waals surface area (Å²) in [5.41, 5.74) is 0. The molecule has 0 amide bonds. The molecule has 0 aliphatic heterocycles. The Morgan fingerprint density at radius 3 is 0.375 bits per heavy atom. The van der Waals surface area contributed by atoms with Gasteiger partial charge in [0.25, 0.3) is 0 Å². The molecule has 0 aliphatic rings. The Labute approximate surface area is 67.9 Å². The molecule has 0 nitrogen and oxygen atoms in total. The van der Waals surface area contributed by atoms with Crippen molar-refractivity contribution >= 4 is 39.5 Å². The minimum absolute atomic E-state index is 0. The van der Waals surface area contributed by atoms with Crippen LogP contribution in [0, 0.1) is 0 Å². The van der Waals surface area contributed by atoms with Gasteiger partial charge in [0.1, 0.15) is 0 Å². The Morgan fingerprint density at radius 2 is 0.375 bits per heavy atom. The predicted octanol–water partition coefficient (Wildman–Crippen LogP) is 1.13. The molecule has 0 fully saturated rings. The Hall–Kier alpha value is 1.01. The summed E-state index contributed by atoms with van der Waals surface area (Å²) < 4.78 is 0. The van der Waals surface area contributed by atoms with Crippen LogP contribution in [-0.4, -0.2) is 29.6 Å². The van der Waals surface area contributed by atoms with Crippen molar-refractivity contribution in [2.45, 2.75) is 0 Å². The van der Waals surface area contributed by atoms with Crippen LogP contribution >= 0.6 is 9.90 Å². The van der Waals surface area contributed by atoms with Crippen molar-refractivity contribution in [2.24, 2.45) is 0 Å². The van der Waals surface area contributed by atoms with E-state index in [-0.39, 0.29) is 67.7 Å². The molecule has 0 aromatic heterocycles. The molecule has 0 aromatic carbocycles. The molecule has 0 atom stereocenters. The average Bonchev–Trinajstić information content (AvgIpc) is 0. The van der Waals surface area contributed by atoms with E-state index in [9.17, 15) is 0 Å². The summed E-state index contributed by atoms with van der Waals surface area (Å²) in [7, 11) is 0. The van der Waals surface area contributed by atoms with Gasteiger partial charge >= 0.3 is 29.6 Å². The number of rotatable bonds is 0.